The molecule has 130 valence electrons. The predicted octanol–water partition coefficient (Wildman–Crippen LogP) is 4.34. The van der Waals surface area contributed by atoms with Crippen LogP contribution < -0.4 is 0 Å². The molecule has 1 N–H and O–H groups in total. The van der Waals surface area contributed by atoms with E-state index in [-0.39, 0.29) is 18.0 Å². The fourth-order valence-corrected chi connectivity index (χ4v) is 3.21. The standard InChI is InChI=1S/C20H26O4/c1-13-6-4-8-16(19(21)22)9-5-7-14(2)12-18-17(11-10-13)15(3)20(23)24-18/h6,9,12,17-18H,3-5,7-8,10-11H2,1-2H3,(H,21,22)/b13-6-,14-12+,16-9-/t17?,18-/m1/s1. The number of esters is 1. The van der Waals surface area contributed by atoms with Gasteiger partial charge in [0.15, 0.2) is 0 Å². The number of carbonyl (C=O) groups excluding carboxylic acids is 1. The molecule has 1 heterocycles. The highest BCUT2D eigenvalue weighted by Crippen LogP contribution is 2.33. The summed E-state index contributed by atoms with van der Waals surface area (Å²) in [6.45, 7) is 7.95. The molecule has 4 heteroatoms. The topological polar surface area (TPSA) is 63.6 Å². The van der Waals surface area contributed by atoms with Gasteiger partial charge in [0.2, 0.25) is 0 Å². The second-order valence-corrected chi connectivity index (χ2v) is 6.72. The van der Waals surface area contributed by atoms with Gasteiger partial charge in [-0.25, -0.2) is 9.59 Å². The van der Waals surface area contributed by atoms with Gasteiger partial charge in [-0.2, -0.15) is 0 Å². The lowest BCUT2D eigenvalue weighted by molar-refractivity contribution is -0.137. The SMILES string of the molecule is C=C1C(=O)O[C@@H]2/C=C(\C)CC/C=C(\C(=O)O)CC/C=C(/C)CCC12. The third-order valence-electron chi connectivity index (χ3n) is 4.76. The lowest BCUT2D eigenvalue weighted by Gasteiger charge is -2.16. The number of carboxylic acid groups (broad SMARTS) is 1. The van der Waals surface area contributed by atoms with Crippen LogP contribution in [0.5, 0.6) is 0 Å². The van der Waals surface area contributed by atoms with E-state index in [1.165, 1.54) is 5.57 Å². The summed E-state index contributed by atoms with van der Waals surface area (Å²) in [7, 11) is 0. The number of hydrogen-bond acceptors (Lipinski definition) is 3. The van der Waals surface area contributed by atoms with E-state index in [1.807, 2.05) is 26.0 Å². The zero-order chi connectivity index (χ0) is 17.7. The van der Waals surface area contributed by atoms with Crippen LogP contribution in [-0.4, -0.2) is 23.1 Å². The summed E-state index contributed by atoms with van der Waals surface area (Å²) < 4.78 is 5.46. The minimum Gasteiger partial charge on any atom is -0.478 e. The minimum absolute atomic E-state index is 0.0314. The van der Waals surface area contributed by atoms with E-state index in [0.717, 1.165) is 31.3 Å². The van der Waals surface area contributed by atoms with Crippen molar-refractivity contribution in [2.75, 3.05) is 0 Å². The summed E-state index contributed by atoms with van der Waals surface area (Å²) in [5.74, 6) is -1.10. The Labute approximate surface area is 143 Å². The van der Waals surface area contributed by atoms with Gasteiger partial charge in [0.05, 0.1) is 0 Å². The smallest absolute Gasteiger partial charge is 0.334 e. The molecule has 0 saturated carbocycles. The number of aliphatic carboxylic acids is 1. The van der Waals surface area contributed by atoms with Crippen molar-refractivity contribution in [1.29, 1.82) is 0 Å². The predicted molar refractivity (Wildman–Crippen MR) is 93.4 cm³/mol. The maximum Gasteiger partial charge on any atom is 0.334 e. The van der Waals surface area contributed by atoms with Gasteiger partial charge in [-0.3, -0.25) is 0 Å². The van der Waals surface area contributed by atoms with Gasteiger partial charge < -0.3 is 9.84 Å². The average Bonchev–Trinajstić information content (AvgIpc) is 2.77. The Morgan fingerprint density at radius 3 is 2.58 bits per heavy atom. The van der Waals surface area contributed by atoms with E-state index in [4.69, 9.17) is 4.74 Å². The molecule has 1 aliphatic heterocycles. The quantitative estimate of drug-likeness (QED) is 0.441. The summed E-state index contributed by atoms with van der Waals surface area (Å²) in [5, 5.41) is 9.29. The van der Waals surface area contributed by atoms with Crippen molar-refractivity contribution >= 4 is 11.9 Å². The summed E-state index contributed by atoms with van der Waals surface area (Å²) in [6, 6.07) is 0. The summed E-state index contributed by atoms with van der Waals surface area (Å²) >= 11 is 0. The molecule has 0 aromatic heterocycles. The molecule has 24 heavy (non-hydrogen) atoms. The fourth-order valence-electron chi connectivity index (χ4n) is 3.21. The second kappa shape index (κ2) is 8.13. The lowest BCUT2D eigenvalue weighted by Crippen LogP contribution is -2.15. The van der Waals surface area contributed by atoms with Gasteiger partial charge in [-0.1, -0.05) is 29.9 Å². The number of ether oxygens (including phenoxy) is 1. The Morgan fingerprint density at radius 1 is 1.17 bits per heavy atom. The number of hydrogen-bond donors (Lipinski definition) is 1. The third kappa shape index (κ3) is 4.70. The molecule has 2 atom stereocenters. The van der Waals surface area contributed by atoms with E-state index in [0.29, 0.717) is 24.0 Å². The molecule has 0 aromatic carbocycles. The zero-order valence-electron chi connectivity index (χ0n) is 14.5. The molecule has 0 aromatic rings. The third-order valence-corrected chi connectivity index (χ3v) is 4.76. The van der Waals surface area contributed by atoms with E-state index >= 15 is 0 Å². The number of rotatable bonds is 1. The summed E-state index contributed by atoms with van der Waals surface area (Å²) in [5.41, 5.74) is 3.36. The summed E-state index contributed by atoms with van der Waals surface area (Å²) in [6.07, 6.45) is 10.1. The first-order chi connectivity index (χ1) is 11.4. The number of carbonyl (C=O) groups is 2. The van der Waals surface area contributed by atoms with Gasteiger partial charge in [0.25, 0.3) is 0 Å². The Morgan fingerprint density at radius 2 is 1.88 bits per heavy atom. The Kier molecular flexibility index (Phi) is 6.18. The fraction of sp³-hybridized carbons (Fsp3) is 0.500. The zero-order valence-corrected chi connectivity index (χ0v) is 14.5. The molecular formula is C20H26O4. The molecule has 2 rings (SSSR count). The molecule has 1 aliphatic carbocycles. The molecular weight excluding hydrogens is 304 g/mol. The molecule has 0 radical (unpaired) electrons. The van der Waals surface area contributed by atoms with E-state index in [9.17, 15) is 14.7 Å². The molecule has 2 aliphatic rings. The molecule has 0 bridgehead atoms. The molecule has 0 spiro atoms. The van der Waals surface area contributed by atoms with Gasteiger partial charge in [-0.05, 0) is 58.4 Å². The largest absolute Gasteiger partial charge is 0.478 e. The van der Waals surface area contributed by atoms with Gasteiger partial charge in [-0.15, -0.1) is 0 Å². The van der Waals surface area contributed by atoms with Crippen molar-refractivity contribution in [3.8, 4) is 0 Å². The normalized spacial score (nSPS) is 33.0. The first kappa shape index (κ1) is 18.2. The highest BCUT2D eigenvalue weighted by Gasteiger charge is 2.36. The maximum absolute atomic E-state index is 11.8. The van der Waals surface area contributed by atoms with Crippen molar-refractivity contribution in [2.45, 2.75) is 58.5 Å². The lowest BCUT2D eigenvalue weighted by atomic mass is 9.89. The Balaban J connectivity index is 2.23. The molecule has 1 saturated heterocycles. The Bertz CT molecular complexity index is 622. The van der Waals surface area contributed by atoms with Crippen LogP contribution >= 0.6 is 0 Å². The Hall–Kier alpha value is -2.10. The number of carboxylic acids is 1. The van der Waals surface area contributed by atoms with Crippen molar-refractivity contribution < 1.29 is 19.4 Å². The number of allylic oxidation sites excluding steroid dienone is 4. The highest BCUT2D eigenvalue weighted by molar-refractivity contribution is 5.91. The van der Waals surface area contributed by atoms with Gasteiger partial charge in [0.1, 0.15) is 6.10 Å². The monoisotopic (exact) mass is 330 g/mol. The first-order valence-corrected chi connectivity index (χ1v) is 8.53. The van der Waals surface area contributed by atoms with Crippen LogP contribution in [0.4, 0.5) is 0 Å². The van der Waals surface area contributed by atoms with E-state index in [2.05, 4.69) is 12.7 Å². The number of fused-ring (bicyclic) bond motifs is 1. The van der Waals surface area contributed by atoms with Crippen LogP contribution in [0.15, 0.2) is 47.1 Å². The van der Waals surface area contributed by atoms with Crippen molar-refractivity contribution in [2.24, 2.45) is 5.92 Å². The van der Waals surface area contributed by atoms with Gasteiger partial charge >= 0.3 is 11.9 Å². The van der Waals surface area contributed by atoms with Crippen molar-refractivity contribution in [1.82, 2.24) is 0 Å². The van der Waals surface area contributed by atoms with Crippen molar-refractivity contribution in [3.05, 3.63) is 47.1 Å². The molecule has 4 nitrogen and oxygen atoms in total. The van der Waals surface area contributed by atoms with Gasteiger partial charge in [0, 0.05) is 17.1 Å². The van der Waals surface area contributed by atoms with E-state index in [1.54, 1.807) is 0 Å². The minimum atomic E-state index is -0.837. The second-order valence-electron chi connectivity index (χ2n) is 6.72. The molecule has 0 amide bonds. The molecule has 1 unspecified atom stereocenters. The van der Waals surface area contributed by atoms with Crippen LogP contribution in [0.2, 0.25) is 0 Å². The molecule has 1 fully saturated rings. The van der Waals surface area contributed by atoms with Crippen LogP contribution in [-0.2, 0) is 14.3 Å². The van der Waals surface area contributed by atoms with Crippen molar-refractivity contribution in [3.63, 3.8) is 0 Å². The average molecular weight is 330 g/mol. The van der Waals surface area contributed by atoms with E-state index < -0.39 is 5.97 Å². The van der Waals surface area contributed by atoms with Crippen LogP contribution in [0.25, 0.3) is 0 Å². The first-order valence-electron chi connectivity index (χ1n) is 8.53. The van der Waals surface area contributed by atoms with Crippen LogP contribution in [0.3, 0.4) is 0 Å². The van der Waals surface area contributed by atoms with Crippen LogP contribution in [0.1, 0.15) is 52.4 Å². The summed E-state index contributed by atoms with van der Waals surface area (Å²) in [4.78, 5) is 23.2. The maximum atomic E-state index is 11.8. The van der Waals surface area contributed by atoms with Crippen LogP contribution in [0, 0.1) is 5.92 Å². The highest BCUT2D eigenvalue weighted by atomic mass is 16.5.